The fraction of sp³-hybridized carbons (Fsp3) is 0.467. The third kappa shape index (κ3) is 4.14. The number of likely N-dealkylation sites (tertiary alicyclic amines) is 1. The summed E-state index contributed by atoms with van der Waals surface area (Å²) in [6.07, 6.45) is -1.80. The largest absolute Gasteiger partial charge is 0.490 e. The summed E-state index contributed by atoms with van der Waals surface area (Å²) in [5.74, 6) is -0.105. The molecule has 0 radical (unpaired) electrons. The van der Waals surface area contributed by atoms with Gasteiger partial charge in [0.15, 0.2) is 0 Å². The van der Waals surface area contributed by atoms with Crippen LogP contribution in [0.1, 0.15) is 18.4 Å². The molecule has 2 rings (SSSR count). The van der Waals surface area contributed by atoms with Gasteiger partial charge in [-0.1, -0.05) is 6.58 Å². The van der Waals surface area contributed by atoms with Gasteiger partial charge in [0, 0.05) is 18.8 Å². The van der Waals surface area contributed by atoms with Crippen LogP contribution in [0.4, 0.5) is 18.9 Å². The molecule has 1 heterocycles. The summed E-state index contributed by atoms with van der Waals surface area (Å²) in [5.41, 5.74) is -0.415. The number of alkyl halides is 3. The van der Waals surface area contributed by atoms with Crippen LogP contribution in [0, 0.1) is 0 Å². The van der Waals surface area contributed by atoms with Crippen LogP contribution in [-0.2, 0) is 6.18 Å². The SMILES string of the molecule is C=CNc1ccc(OC2CCN(C)CC2)c(C(F)(F)F)c1. The summed E-state index contributed by atoms with van der Waals surface area (Å²) in [6, 6.07) is 3.97. The van der Waals surface area contributed by atoms with E-state index in [1.54, 1.807) is 6.07 Å². The molecule has 1 saturated heterocycles. The summed E-state index contributed by atoms with van der Waals surface area (Å²) in [4.78, 5) is 2.14. The van der Waals surface area contributed by atoms with Crippen LogP contribution < -0.4 is 10.1 Å². The van der Waals surface area contributed by atoms with Gasteiger partial charge in [0.2, 0.25) is 0 Å². The minimum atomic E-state index is -4.44. The second-order valence-corrected chi connectivity index (χ2v) is 5.18. The average molecular weight is 300 g/mol. The molecule has 0 saturated carbocycles. The van der Waals surface area contributed by atoms with E-state index in [1.807, 2.05) is 7.05 Å². The van der Waals surface area contributed by atoms with Gasteiger partial charge in [-0.3, -0.25) is 0 Å². The summed E-state index contributed by atoms with van der Waals surface area (Å²) in [7, 11) is 1.99. The van der Waals surface area contributed by atoms with E-state index < -0.39 is 11.7 Å². The minimum absolute atomic E-state index is 0.105. The lowest BCUT2D eigenvalue weighted by molar-refractivity contribution is -0.139. The zero-order valence-electron chi connectivity index (χ0n) is 11.9. The van der Waals surface area contributed by atoms with Crippen molar-refractivity contribution in [1.82, 2.24) is 4.90 Å². The van der Waals surface area contributed by atoms with Crippen LogP contribution in [0.5, 0.6) is 5.75 Å². The predicted octanol–water partition coefficient (Wildman–Crippen LogP) is 3.73. The first-order chi connectivity index (χ1) is 9.90. The van der Waals surface area contributed by atoms with E-state index in [-0.39, 0.29) is 11.9 Å². The monoisotopic (exact) mass is 300 g/mol. The number of ether oxygens (including phenoxy) is 1. The minimum Gasteiger partial charge on any atom is -0.490 e. The Labute approximate surface area is 122 Å². The number of hydrogen-bond donors (Lipinski definition) is 1. The number of hydrogen-bond acceptors (Lipinski definition) is 3. The molecule has 0 amide bonds. The van der Waals surface area contributed by atoms with Crippen LogP contribution in [0.3, 0.4) is 0 Å². The molecule has 1 aliphatic heterocycles. The van der Waals surface area contributed by atoms with E-state index in [0.717, 1.165) is 32.0 Å². The van der Waals surface area contributed by atoms with Crippen molar-refractivity contribution < 1.29 is 17.9 Å². The Kier molecular flexibility index (Phi) is 4.77. The fourth-order valence-corrected chi connectivity index (χ4v) is 2.34. The van der Waals surface area contributed by atoms with Gasteiger partial charge >= 0.3 is 6.18 Å². The van der Waals surface area contributed by atoms with Gasteiger partial charge in [0.25, 0.3) is 0 Å². The lowest BCUT2D eigenvalue weighted by Gasteiger charge is -2.30. The second-order valence-electron chi connectivity index (χ2n) is 5.18. The molecule has 1 N–H and O–H groups in total. The van der Waals surface area contributed by atoms with Crippen molar-refractivity contribution in [2.24, 2.45) is 0 Å². The smallest absolute Gasteiger partial charge is 0.420 e. The van der Waals surface area contributed by atoms with Crippen molar-refractivity contribution in [2.45, 2.75) is 25.1 Å². The molecule has 0 aliphatic carbocycles. The lowest BCUT2D eigenvalue weighted by Crippen LogP contribution is -2.36. The van der Waals surface area contributed by atoms with Crippen molar-refractivity contribution >= 4 is 5.69 Å². The Morgan fingerprint density at radius 2 is 2.00 bits per heavy atom. The number of benzene rings is 1. The van der Waals surface area contributed by atoms with Crippen molar-refractivity contribution in [2.75, 3.05) is 25.5 Å². The molecule has 1 aromatic rings. The van der Waals surface area contributed by atoms with Gasteiger partial charge in [-0.25, -0.2) is 0 Å². The first-order valence-corrected chi connectivity index (χ1v) is 6.84. The van der Waals surface area contributed by atoms with Gasteiger partial charge in [-0.05, 0) is 44.3 Å². The first kappa shape index (κ1) is 15.7. The highest BCUT2D eigenvalue weighted by Gasteiger charge is 2.35. The van der Waals surface area contributed by atoms with E-state index in [0.29, 0.717) is 5.69 Å². The number of halogens is 3. The second kappa shape index (κ2) is 6.39. The number of anilines is 1. The Bertz CT molecular complexity index is 494. The zero-order valence-corrected chi connectivity index (χ0v) is 11.9. The van der Waals surface area contributed by atoms with Crippen molar-refractivity contribution in [1.29, 1.82) is 0 Å². The van der Waals surface area contributed by atoms with E-state index in [2.05, 4.69) is 16.8 Å². The highest BCUT2D eigenvalue weighted by molar-refractivity contribution is 5.53. The van der Waals surface area contributed by atoms with Crippen LogP contribution in [0.2, 0.25) is 0 Å². The van der Waals surface area contributed by atoms with Crippen LogP contribution >= 0.6 is 0 Å². The molecular weight excluding hydrogens is 281 g/mol. The molecule has 0 spiro atoms. The summed E-state index contributed by atoms with van der Waals surface area (Å²) >= 11 is 0. The number of rotatable bonds is 4. The third-order valence-electron chi connectivity index (χ3n) is 3.51. The highest BCUT2D eigenvalue weighted by atomic mass is 19.4. The van der Waals surface area contributed by atoms with E-state index in [9.17, 15) is 13.2 Å². The van der Waals surface area contributed by atoms with E-state index in [4.69, 9.17) is 4.74 Å². The third-order valence-corrected chi connectivity index (χ3v) is 3.51. The van der Waals surface area contributed by atoms with E-state index in [1.165, 1.54) is 12.3 Å². The predicted molar refractivity (Wildman–Crippen MR) is 76.4 cm³/mol. The van der Waals surface area contributed by atoms with Crippen LogP contribution in [0.25, 0.3) is 0 Å². The number of piperidine rings is 1. The summed E-state index contributed by atoms with van der Waals surface area (Å²) < 4.78 is 45.0. The molecule has 21 heavy (non-hydrogen) atoms. The summed E-state index contributed by atoms with van der Waals surface area (Å²) in [5, 5.41) is 2.66. The lowest BCUT2D eigenvalue weighted by atomic mass is 10.1. The molecule has 3 nitrogen and oxygen atoms in total. The van der Waals surface area contributed by atoms with Crippen LogP contribution in [-0.4, -0.2) is 31.1 Å². The molecule has 1 aromatic carbocycles. The topological polar surface area (TPSA) is 24.5 Å². The van der Waals surface area contributed by atoms with Crippen LogP contribution in [0.15, 0.2) is 31.0 Å². The quantitative estimate of drug-likeness (QED) is 0.917. The molecule has 0 atom stereocenters. The number of nitrogens with zero attached hydrogens (tertiary/aromatic N) is 1. The van der Waals surface area contributed by atoms with Gasteiger partial charge in [0.1, 0.15) is 11.9 Å². The Balaban J connectivity index is 2.19. The molecule has 0 aromatic heterocycles. The van der Waals surface area contributed by atoms with Crippen molar-refractivity contribution in [3.8, 4) is 5.75 Å². The maximum absolute atomic E-state index is 13.1. The van der Waals surface area contributed by atoms with Crippen molar-refractivity contribution in [3.63, 3.8) is 0 Å². The Hall–Kier alpha value is -1.69. The normalized spacial score (nSPS) is 17.5. The Morgan fingerprint density at radius 3 is 2.57 bits per heavy atom. The average Bonchev–Trinajstić information content (AvgIpc) is 2.42. The fourth-order valence-electron chi connectivity index (χ4n) is 2.34. The molecule has 1 fully saturated rings. The van der Waals surface area contributed by atoms with E-state index >= 15 is 0 Å². The van der Waals surface area contributed by atoms with Crippen molar-refractivity contribution in [3.05, 3.63) is 36.5 Å². The summed E-state index contributed by atoms with van der Waals surface area (Å²) in [6.45, 7) is 5.11. The molecule has 116 valence electrons. The van der Waals surface area contributed by atoms with Gasteiger partial charge in [-0.2, -0.15) is 13.2 Å². The maximum atomic E-state index is 13.1. The molecule has 6 heteroatoms. The Morgan fingerprint density at radius 1 is 1.33 bits per heavy atom. The highest BCUT2D eigenvalue weighted by Crippen LogP contribution is 2.38. The number of nitrogens with one attached hydrogen (secondary N) is 1. The molecule has 0 unspecified atom stereocenters. The van der Waals surface area contributed by atoms with Gasteiger partial charge in [0.05, 0.1) is 5.56 Å². The first-order valence-electron chi connectivity index (χ1n) is 6.84. The molecule has 0 bridgehead atoms. The molecule has 1 aliphatic rings. The molecular formula is C15H19F3N2O. The van der Waals surface area contributed by atoms with Gasteiger partial charge in [-0.15, -0.1) is 0 Å². The standard InChI is InChI=1S/C15H19F3N2O/c1-3-19-11-4-5-14(13(10-11)15(16,17)18)21-12-6-8-20(2)9-7-12/h3-5,10,12,19H,1,6-9H2,2H3. The zero-order chi connectivity index (χ0) is 15.5. The maximum Gasteiger partial charge on any atom is 0.420 e. The van der Waals surface area contributed by atoms with Gasteiger partial charge < -0.3 is 15.0 Å².